The fraction of sp³-hybridized carbons (Fsp3) is 0.640. The largest absolute Gasteiger partial charge is 0.425 e. The minimum absolute atomic E-state index is 0.0165. The number of carbonyl (C=O) groups excluding carboxylic acids is 3. The van der Waals surface area contributed by atoms with E-state index >= 15 is 0 Å². The number of ether oxygens (including phenoxy) is 1. The van der Waals surface area contributed by atoms with E-state index in [4.69, 9.17) is 9.16 Å². The molecule has 8 heteroatoms. The Balaban J connectivity index is 2.15. The summed E-state index contributed by atoms with van der Waals surface area (Å²) in [5, 5.41) is 2.88. The van der Waals surface area contributed by atoms with E-state index in [0.717, 1.165) is 0 Å². The molecule has 0 bridgehead atoms. The minimum atomic E-state index is -2.07. The van der Waals surface area contributed by atoms with Crippen LogP contribution in [0.5, 0.6) is 5.75 Å². The summed E-state index contributed by atoms with van der Waals surface area (Å²) in [6.07, 6.45) is -0.309. The van der Waals surface area contributed by atoms with Gasteiger partial charge in [-0.25, -0.2) is 0 Å². The van der Waals surface area contributed by atoms with Crippen LogP contribution in [0.2, 0.25) is 18.1 Å². The van der Waals surface area contributed by atoms with E-state index in [1.807, 2.05) is 20.8 Å². The number of hydrogen-bond acceptors (Lipinski definition) is 5. The van der Waals surface area contributed by atoms with Gasteiger partial charge in [-0.05, 0) is 58.0 Å². The van der Waals surface area contributed by atoms with Crippen molar-refractivity contribution in [2.45, 2.75) is 78.7 Å². The quantitative estimate of drug-likeness (QED) is 0.249. The zero-order valence-corrected chi connectivity index (χ0v) is 22.5. The third kappa shape index (κ3) is 5.84. The summed E-state index contributed by atoms with van der Waals surface area (Å²) in [7, 11) is -2.07. The van der Waals surface area contributed by atoms with Gasteiger partial charge in [0.15, 0.2) is 8.32 Å². The van der Waals surface area contributed by atoms with Crippen LogP contribution < -0.4 is 10.1 Å². The Kier molecular flexibility index (Phi) is 8.51. The Bertz CT molecular complexity index is 876. The average molecular weight is 477 g/mol. The standard InChI is InChI=1S/C25H40N2O5Si/c1-10-27(11-2)23(29)18-14-12-13-15-19(18)31-24(30)16(3)21-20(22(28)26-21)17(4)32-33(8,9)25(5,6)7/h12-17,20-21H,10-11H2,1-9H3,(H,26,28)/t16?,17?,20-,21-/m1/s1. The van der Waals surface area contributed by atoms with Crippen LogP contribution in [0.3, 0.4) is 0 Å². The first-order valence-corrected chi connectivity index (χ1v) is 14.7. The average Bonchev–Trinajstić information content (AvgIpc) is 2.71. The molecule has 0 saturated carbocycles. The molecule has 7 nitrogen and oxygen atoms in total. The molecule has 1 heterocycles. The molecule has 1 saturated heterocycles. The summed E-state index contributed by atoms with van der Waals surface area (Å²) in [5.74, 6) is -1.54. The number of carbonyl (C=O) groups is 3. The predicted octanol–water partition coefficient (Wildman–Crippen LogP) is 4.24. The number of nitrogens with one attached hydrogen (secondary N) is 1. The molecule has 0 radical (unpaired) electrons. The highest BCUT2D eigenvalue weighted by Crippen LogP contribution is 2.39. The summed E-state index contributed by atoms with van der Waals surface area (Å²) < 4.78 is 12.1. The second-order valence-corrected chi connectivity index (χ2v) is 15.1. The van der Waals surface area contributed by atoms with Gasteiger partial charge in [0.05, 0.1) is 29.5 Å². The van der Waals surface area contributed by atoms with Gasteiger partial charge in [-0.1, -0.05) is 32.9 Å². The molecule has 184 valence electrons. The van der Waals surface area contributed by atoms with Crippen molar-refractivity contribution < 1.29 is 23.5 Å². The van der Waals surface area contributed by atoms with Crippen molar-refractivity contribution in [2.24, 2.45) is 11.8 Å². The Hall–Kier alpha value is -2.19. The van der Waals surface area contributed by atoms with Crippen molar-refractivity contribution in [1.29, 1.82) is 0 Å². The van der Waals surface area contributed by atoms with Gasteiger partial charge in [-0.3, -0.25) is 14.4 Å². The number of amides is 2. The molecular formula is C25H40N2O5Si. The van der Waals surface area contributed by atoms with Crippen LogP contribution in [0.1, 0.15) is 58.8 Å². The lowest BCUT2D eigenvalue weighted by atomic mass is 9.79. The van der Waals surface area contributed by atoms with Crippen LogP contribution in [0.25, 0.3) is 0 Å². The Labute approximate surface area is 199 Å². The van der Waals surface area contributed by atoms with Gasteiger partial charge >= 0.3 is 5.97 Å². The van der Waals surface area contributed by atoms with Crippen LogP contribution in [-0.2, 0) is 14.0 Å². The predicted molar refractivity (Wildman–Crippen MR) is 132 cm³/mol. The van der Waals surface area contributed by atoms with Crippen LogP contribution in [0.4, 0.5) is 0 Å². The fourth-order valence-corrected chi connectivity index (χ4v) is 5.26. The molecular weight excluding hydrogens is 436 g/mol. The van der Waals surface area contributed by atoms with Crippen molar-refractivity contribution in [2.75, 3.05) is 13.1 Å². The zero-order valence-electron chi connectivity index (χ0n) is 21.5. The van der Waals surface area contributed by atoms with Gasteiger partial charge in [0.2, 0.25) is 5.91 Å². The number of para-hydroxylation sites is 1. The number of esters is 1. The molecule has 0 aromatic heterocycles. The maximum Gasteiger partial charge on any atom is 0.316 e. The lowest BCUT2D eigenvalue weighted by Crippen LogP contribution is -2.67. The molecule has 2 unspecified atom stereocenters. The van der Waals surface area contributed by atoms with Crippen LogP contribution in [-0.4, -0.2) is 56.2 Å². The van der Waals surface area contributed by atoms with Gasteiger partial charge in [0.1, 0.15) is 5.75 Å². The van der Waals surface area contributed by atoms with E-state index in [2.05, 4.69) is 39.2 Å². The van der Waals surface area contributed by atoms with Crippen LogP contribution in [0, 0.1) is 11.8 Å². The molecule has 1 N–H and O–H groups in total. The first-order valence-electron chi connectivity index (χ1n) is 11.8. The number of benzene rings is 1. The highest BCUT2D eigenvalue weighted by atomic mass is 28.4. The van der Waals surface area contributed by atoms with Gasteiger partial charge in [-0.2, -0.15) is 0 Å². The molecule has 1 aromatic carbocycles. The van der Waals surface area contributed by atoms with Crippen molar-refractivity contribution >= 4 is 26.1 Å². The first-order chi connectivity index (χ1) is 15.2. The highest BCUT2D eigenvalue weighted by Gasteiger charge is 2.50. The zero-order chi connectivity index (χ0) is 25.1. The van der Waals surface area contributed by atoms with Gasteiger partial charge in [0.25, 0.3) is 5.91 Å². The summed E-state index contributed by atoms with van der Waals surface area (Å²) in [6, 6.07) is 6.39. The molecule has 1 fully saturated rings. The topological polar surface area (TPSA) is 84.9 Å². The van der Waals surface area contributed by atoms with Crippen molar-refractivity contribution in [1.82, 2.24) is 10.2 Å². The smallest absolute Gasteiger partial charge is 0.316 e. The fourth-order valence-electron chi connectivity index (χ4n) is 3.83. The second-order valence-electron chi connectivity index (χ2n) is 10.3. The molecule has 1 aliphatic rings. The van der Waals surface area contributed by atoms with E-state index in [9.17, 15) is 14.4 Å². The first kappa shape index (κ1) is 27.1. The summed E-state index contributed by atoms with van der Waals surface area (Å²) in [6.45, 7) is 19.4. The van der Waals surface area contributed by atoms with E-state index in [0.29, 0.717) is 18.7 Å². The Morgan fingerprint density at radius 1 is 1.12 bits per heavy atom. The number of nitrogens with zero attached hydrogens (tertiary/aromatic N) is 1. The third-order valence-corrected chi connectivity index (χ3v) is 11.7. The van der Waals surface area contributed by atoms with Crippen molar-refractivity contribution in [3.05, 3.63) is 29.8 Å². The molecule has 0 aliphatic carbocycles. The third-order valence-electron chi connectivity index (χ3n) is 7.08. The Morgan fingerprint density at radius 3 is 2.21 bits per heavy atom. The van der Waals surface area contributed by atoms with E-state index in [-0.39, 0.29) is 34.7 Å². The molecule has 0 spiro atoms. The molecule has 4 atom stereocenters. The SMILES string of the molecule is CCN(CC)C(=O)c1ccccc1OC(=O)C(C)[C@H]1NC(=O)[C@@H]1C(C)O[Si](C)(C)C(C)(C)C. The van der Waals surface area contributed by atoms with E-state index < -0.39 is 26.1 Å². The van der Waals surface area contributed by atoms with Gasteiger partial charge in [0, 0.05) is 13.1 Å². The molecule has 33 heavy (non-hydrogen) atoms. The maximum atomic E-state index is 13.0. The van der Waals surface area contributed by atoms with Crippen LogP contribution in [0.15, 0.2) is 24.3 Å². The maximum absolute atomic E-state index is 13.0. The van der Waals surface area contributed by atoms with E-state index in [1.54, 1.807) is 36.1 Å². The normalized spacial score (nSPS) is 20.3. The van der Waals surface area contributed by atoms with Gasteiger partial charge < -0.3 is 19.4 Å². The number of hydrogen-bond donors (Lipinski definition) is 1. The summed E-state index contributed by atoms with van der Waals surface area (Å²) in [5.41, 5.74) is 0.352. The second kappa shape index (κ2) is 10.4. The monoisotopic (exact) mass is 476 g/mol. The summed E-state index contributed by atoms with van der Waals surface area (Å²) >= 11 is 0. The number of β-lactam (4-membered cyclic amide) rings is 1. The highest BCUT2D eigenvalue weighted by molar-refractivity contribution is 6.74. The molecule has 1 aliphatic heterocycles. The Morgan fingerprint density at radius 2 is 1.70 bits per heavy atom. The van der Waals surface area contributed by atoms with Crippen molar-refractivity contribution in [3.8, 4) is 5.75 Å². The lowest BCUT2D eigenvalue weighted by molar-refractivity contribution is -0.149. The lowest BCUT2D eigenvalue weighted by Gasteiger charge is -2.46. The molecule has 1 aromatic rings. The summed E-state index contributed by atoms with van der Waals surface area (Å²) in [4.78, 5) is 40.0. The molecule has 2 rings (SSSR count). The van der Waals surface area contributed by atoms with Crippen molar-refractivity contribution in [3.63, 3.8) is 0 Å². The minimum Gasteiger partial charge on any atom is -0.425 e. The number of rotatable bonds is 9. The van der Waals surface area contributed by atoms with Crippen LogP contribution >= 0.6 is 0 Å². The van der Waals surface area contributed by atoms with E-state index in [1.165, 1.54) is 0 Å². The van der Waals surface area contributed by atoms with Gasteiger partial charge in [-0.15, -0.1) is 0 Å². The molecule has 2 amide bonds.